The van der Waals surface area contributed by atoms with Gasteiger partial charge in [-0.25, -0.2) is 0 Å². The first-order valence-corrected chi connectivity index (χ1v) is 11.4. The molecule has 0 unspecified atom stereocenters. The van der Waals surface area contributed by atoms with Crippen LogP contribution < -0.4 is 10.6 Å². The number of likely N-dealkylation sites (N-methyl/N-ethyl adjacent to an activating group) is 1. The zero-order chi connectivity index (χ0) is 22.1. The number of rotatable bonds is 10. The third kappa shape index (κ3) is 7.06. The molecule has 9 nitrogen and oxygen atoms in total. The molecule has 3 rings (SSSR count). The van der Waals surface area contributed by atoms with Crippen LogP contribution in [0.2, 0.25) is 0 Å². The highest BCUT2D eigenvalue weighted by atomic mass is 32.1. The lowest BCUT2D eigenvalue weighted by atomic mass is 10.2. The second kappa shape index (κ2) is 11.8. The third-order valence-electron chi connectivity index (χ3n) is 5.16. The average molecular weight is 447 g/mol. The molecule has 0 aliphatic carbocycles. The molecule has 0 bridgehead atoms. The molecular weight excluding hydrogens is 416 g/mol. The number of aromatic nitrogens is 2. The zero-order valence-electron chi connectivity index (χ0n) is 18.1. The van der Waals surface area contributed by atoms with E-state index in [-0.39, 0.29) is 16.8 Å². The quantitative estimate of drug-likeness (QED) is 0.536. The van der Waals surface area contributed by atoms with Gasteiger partial charge in [-0.2, -0.15) is 0 Å². The van der Waals surface area contributed by atoms with E-state index in [2.05, 4.69) is 37.6 Å². The van der Waals surface area contributed by atoms with Crippen molar-refractivity contribution in [2.45, 2.75) is 20.0 Å². The molecule has 2 amide bonds. The van der Waals surface area contributed by atoms with Gasteiger partial charge in [-0.1, -0.05) is 24.3 Å². The number of hydrogen-bond acceptors (Lipinski definition) is 8. The highest BCUT2D eigenvalue weighted by molar-refractivity contribution is 7.13. The molecule has 1 aromatic heterocycles. The molecule has 1 fully saturated rings. The monoisotopic (exact) mass is 446 g/mol. The van der Waals surface area contributed by atoms with Crippen molar-refractivity contribution >= 4 is 28.8 Å². The Morgan fingerprint density at radius 2 is 1.90 bits per heavy atom. The van der Waals surface area contributed by atoms with E-state index in [1.54, 1.807) is 31.4 Å². The number of methoxy groups -OCH3 is 1. The normalized spacial score (nSPS) is 15.0. The lowest BCUT2D eigenvalue weighted by Gasteiger charge is -2.33. The minimum absolute atomic E-state index is 0.148. The summed E-state index contributed by atoms with van der Waals surface area (Å²) in [4.78, 5) is 29.7. The average Bonchev–Trinajstić information content (AvgIpc) is 3.26. The summed E-state index contributed by atoms with van der Waals surface area (Å²) >= 11 is 1.18. The first kappa shape index (κ1) is 23.3. The molecular formula is C21H30N6O3S. The molecule has 0 radical (unpaired) electrons. The van der Waals surface area contributed by atoms with Crippen molar-refractivity contribution in [1.29, 1.82) is 0 Å². The van der Waals surface area contributed by atoms with Gasteiger partial charge in [-0.3, -0.25) is 9.59 Å². The van der Waals surface area contributed by atoms with E-state index < -0.39 is 0 Å². The maximum atomic E-state index is 12.5. The molecule has 1 saturated heterocycles. The van der Waals surface area contributed by atoms with E-state index in [0.717, 1.165) is 45.7 Å². The fourth-order valence-electron chi connectivity index (χ4n) is 3.39. The molecule has 2 aromatic rings. The number of hydrogen-bond donors (Lipinski definition) is 2. The zero-order valence-corrected chi connectivity index (χ0v) is 18.9. The van der Waals surface area contributed by atoms with Crippen LogP contribution in [0.1, 0.15) is 38.5 Å². The van der Waals surface area contributed by atoms with Gasteiger partial charge in [0.05, 0.1) is 6.61 Å². The van der Waals surface area contributed by atoms with Crippen molar-refractivity contribution in [3.05, 3.63) is 39.8 Å². The molecule has 1 aromatic carbocycles. The van der Waals surface area contributed by atoms with Crippen molar-refractivity contribution in [1.82, 2.24) is 25.3 Å². The number of nitrogens with zero attached hydrogens (tertiary/aromatic N) is 4. The van der Waals surface area contributed by atoms with Gasteiger partial charge in [0.1, 0.15) is 5.01 Å². The summed E-state index contributed by atoms with van der Waals surface area (Å²) in [5.41, 5.74) is 1.04. The molecule has 168 valence electrons. The Balaban J connectivity index is 1.43. The van der Waals surface area contributed by atoms with Gasteiger partial charge >= 0.3 is 0 Å². The van der Waals surface area contributed by atoms with Gasteiger partial charge in [0, 0.05) is 51.1 Å². The van der Waals surface area contributed by atoms with Gasteiger partial charge < -0.3 is 25.2 Å². The van der Waals surface area contributed by atoms with Crippen molar-refractivity contribution < 1.29 is 14.3 Å². The Morgan fingerprint density at radius 3 is 2.65 bits per heavy atom. The SMILES string of the molecule is CCN1CCN(CCCNC(=O)c2cccc(NC(=O)c3nnc(COC)s3)c2)CC1. The number of carbonyl (C=O) groups excluding carboxylic acids is 2. The second-order valence-electron chi connectivity index (χ2n) is 7.35. The van der Waals surface area contributed by atoms with Crippen LogP contribution in [0.3, 0.4) is 0 Å². The topological polar surface area (TPSA) is 99.7 Å². The van der Waals surface area contributed by atoms with Gasteiger partial charge in [0.2, 0.25) is 5.01 Å². The van der Waals surface area contributed by atoms with Crippen molar-refractivity contribution in [3.8, 4) is 0 Å². The van der Waals surface area contributed by atoms with Crippen LogP contribution in [-0.2, 0) is 11.3 Å². The number of ether oxygens (including phenoxy) is 1. The standard InChI is InChI=1S/C21H30N6O3S/c1-3-26-10-12-27(13-11-26)9-5-8-22-19(28)16-6-4-7-17(14-16)23-20(29)21-25-24-18(31-21)15-30-2/h4,6-7,14H,3,5,8-13,15H2,1-2H3,(H,22,28)(H,23,29). The molecule has 2 heterocycles. The minimum atomic E-state index is -0.361. The van der Waals surface area contributed by atoms with Crippen LogP contribution in [0.4, 0.5) is 5.69 Å². The van der Waals surface area contributed by atoms with Crippen LogP contribution in [0.5, 0.6) is 0 Å². The summed E-state index contributed by atoms with van der Waals surface area (Å²) in [6.45, 7) is 9.64. The van der Waals surface area contributed by atoms with Crippen molar-refractivity contribution in [2.75, 3.05) is 58.2 Å². The lowest BCUT2D eigenvalue weighted by Crippen LogP contribution is -2.46. The summed E-state index contributed by atoms with van der Waals surface area (Å²) in [5, 5.41) is 14.4. The molecule has 0 saturated carbocycles. The summed E-state index contributed by atoms with van der Waals surface area (Å²) in [6.07, 6.45) is 0.912. The molecule has 2 N–H and O–H groups in total. The summed E-state index contributed by atoms with van der Waals surface area (Å²) in [5.74, 6) is -0.509. The van der Waals surface area contributed by atoms with E-state index in [0.29, 0.717) is 29.4 Å². The van der Waals surface area contributed by atoms with Crippen LogP contribution >= 0.6 is 11.3 Å². The number of benzene rings is 1. The lowest BCUT2D eigenvalue weighted by molar-refractivity contribution is 0.0947. The van der Waals surface area contributed by atoms with E-state index in [9.17, 15) is 9.59 Å². The smallest absolute Gasteiger partial charge is 0.286 e. The van der Waals surface area contributed by atoms with E-state index in [1.807, 2.05) is 0 Å². The van der Waals surface area contributed by atoms with Gasteiger partial charge in [-0.05, 0) is 37.7 Å². The Bertz CT molecular complexity index is 866. The molecule has 31 heavy (non-hydrogen) atoms. The van der Waals surface area contributed by atoms with E-state index in [4.69, 9.17) is 4.74 Å². The number of piperazine rings is 1. The molecule has 1 aliphatic rings. The fraction of sp³-hybridized carbons (Fsp3) is 0.524. The highest BCUT2D eigenvalue weighted by Crippen LogP contribution is 2.15. The van der Waals surface area contributed by atoms with E-state index in [1.165, 1.54) is 11.3 Å². The van der Waals surface area contributed by atoms with Crippen LogP contribution in [0.15, 0.2) is 24.3 Å². The number of nitrogens with one attached hydrogen (secondary N) is 2. The highest BCUT2D eigenvalue weighted by Gasteiger charge is 2.16. The number of anilines is 1. The third-order valence-corrected chi connectivity index (χ3v) is 6.06. The molecule has 0 spiro atoms. The predicted molar refractivity (Wildman–Crippen MR) is 121 cm³/mol. The molecule has 10 heteroatoms. The maximum Gasteiger partial charge on any atom is 0.286 e. The summed E-state index contributed by atoms with van der Waals surface area (Å²) < 4.78 is 4.99. The maximum absolute atomic E-state index is 12.5. The number of amides is 2. The first-order chi connectivity index (χ1) is 15.1. The van der Waals surface area contributed by atoms with Crippen LogP contribution in [0, 0.1) is 0 Å². The van der Waals surface area contributed by atoms with Crippen molar-refractivity contribution in [2.24, 2.45) is 0 Å². The predicted octanol–water partition coefficient (Wildman–Crippen LogP) is 1.69. The summed E-state index contributed by atoms with van der Waals surface area (Å²) in [6, 6.07) is 6.88. The number of carbonyl (C=O) groups is 2. The Hall–Kier alpha value is -2.40. The van der Waals surface area contributed by atoms with Crippen molar-refractivity contribution in [3.63, 3.8) is 0 Å². The van der Waals surface area contributed by atoms with Crippen LogP contribution in [0.25, 0.3) is 0 Å². The van der Waals surface area contributed by atoms with E-state index >= 15 is 0 Å². The second-order valence-corrected chi connectivity index (χ2v) is 8.42. The minimum Gasteiger partial charge on any atom is -0.377 e. The Labute approximate surface area is 186 Å². The largest absolute Gasteiger partial charge is 0.377 e. The fourth-order valence-corrected chi connectivity index (χ4v) is 4.09. The van der Waals surface area contributed by atoms with Crippen LogP contribution in [-0.4, -0.2) is 84.7 Å². The summed E-state index contributed by atoms with van der Waals surface area (Å²) in [7, 11) is 1.56. The molecule has 1 aliphatic heterocycles. The van der Waals surface area contributed by atoms with Gasteiger partial charge in [0.15, 0.2) is 0 Å². The molecule has 0 atom stereocenters. The Morgan fingerprint density at radius 1 is 1.13 bits per heavy atom. The van der Waals surface area contributed by atoms with Gasteiger partial charge in [-0.15, -0.1) is 10.2 Å². The Kier molecular flexibility index (Phi) is 8.89. The first-order valence-electron chi connectivity index (χ1n) is 10.5. The van der Waals surface area contributed by atoms with Gasteiger partial charge in [0.25, 0.3) is 11.8 Å².